The number of nitrogens with one attached hydrogen (secondary N) is 1. The fraction of sp³-hybridized carbons (Fsp3) is 0.632. The predicted molar refractivity (Wildman–Crippen MR) is 97.1 cm³/mol. The first kappa shape index (κ1) is 18.0. The van der Waals surface area contributed by atoms with E-state index < -0.39 is 0 Å². The van der Waals surface area contributed by atoms with E-state index >= 15 is 0 Å². The first-order valence-electron chi connectivity index (χ1n) is 9.24. The highest BCUT2D eigenvalue weighted by Crippen LogP contribution is 2.14. The maximum absolute atomic E-state index is 12.3. The lowest BCUT2D eigenvalue weighted by Gasteiger charge is -2.35. The molecule has 1 unspecified atom stereocenters. The highest BCUT2D eigenvalue weighted by molar-refractivity contribution is 5.74. The fourth-order valence-electron chi connectivity index (χ4n) is 3.43. The number of carbonyl (C=O) groups excluding carboxylic acids is 1. The topological polar surface area (TPSA) is 54.0 Å². The smallest absolute Gasteiger partial charge is 0.317 e. The fourth-order valence-corrected chi connectivity index (χ4v) is 3.43. The molecular weight excluding hydrogens is 318 g/mol. The lowest BCUT2D eigenvalue weighted by atomic mass is 10.1. The minimum atomic E-state index is 0.0466. The molecule has 2 aliphatic rings. The molecule has 0 aliphatic carbocycles. The number of amides is 2. The number of piperazine rings is 1. The maximum atomic E-state index is 12.3. The lowest BCUT2D eigenvalue weighted by molar-refractivity contribution is 0.0561. The second-order valence-electron chi connectivity index (χ2n) is 6.75. The third kappa shape index (κ3) is 5.34. The molecule has 6 nitrogen and oxygen atoms in total. The van der Waals surface area contributed by atoms with Crippen molar-refractivity contribution in [1.29, 1.82) is 0 Å². The van der Waals surface area contributed by atoms with Crippen LogP contribution in [-0.4, -0.2) is 74.9 Å². The number of carbonyl (C=O) groups is 1. The predicted octanol–water partition coefficient (Wildman–Crippen LogP) is 1.74. The molecule has 0 spiro atoms. The Balaban J connectivity index is 1.33. The van der Waals surface area contributed by atoms with Crippen LogP contribution in [0.4, 0.5) is 4.79 Å². The van der Waals surface area contributed by atoms with Gasteiger partial charge in [0, 0.05) is 45.9 Å². The number of benzene rings is 1. The van der Waals surface area contributed by atoms with Crippen LogP contribution in [0.1, 0.15) is 18.4 Å². The van der Waals surface area contributed by atoms with Crippen LogP contribution in [0.25, 0.3) is 0 Å². The molecule has 0 aromatic heterocycles. The van der Waals surface area contributed by atoms with Gasteiger partial charge in [0.25, 0.3) is 0 Å². The van der Waals surface area contributed by atoms with Gasteiger partial charge < -0.3 is 19.7 Å². The summed E-state index contributed by atoms with van der Waals surface area (Å²) in [4.78, 5) is 16.6. The Kier molecular flexibility index (Phi) is 6.53. The van der Waals surface area contributed by atoms with Crippen LogP contribution in [0.2, 0.25) is 0 Å². The molecule has 25 heavy (non-hydrogen) atoms. The molecule has 2 heterocycles. The Bertz CT molecular complexity index is 535. The molecular formula is C19H29N3O3. The van der Waals surface area contributed by atoms with Gasteiger partial charge in [-0.05, 0) is 37.0 Å². The molecule has 0 saturated carbocycles. The van der Waals surface area contributed by atoms with Gasteiger partial charge in [0.2, 0.25) is 0 Å². The Morgan fingerprint density at radius 3 is 2.64 bits per heavy atom. The standard InChI is InChI=1S/C19H29N3O3/c1-24-17-6-4-16(5-7-17)8-9-20-19(23)22-12-10-21(11-13-22)15-18-3-2-14-25-18/h4-7,18H,2-3,8-15H2,1H3,(H,20,23). The normalized spacial score (nSPS) is 21.3. The molecule has 138 valence electrons. The second-order valence-corrected chi connectivity index (χ2v) is 6.75. The van der Waals surface area contributed by atoms with Crippen LogP contribution in [0, 0.1) is 0 Å². The molecule has 6 heteroatoms. The summed E-state index contributed by atoms with van der Waals surface area (Å²) in [5, 5.41) is 3.03. The molecule has 1 aromatic carbocycles. The summed E-state index contributed by atoms with van der Waals surface area (Å²) in [6.07, 6.45) is 3.58. The highest BCUT2D eigenvalue weighted by Gasteiger charge is 2.24. The van der Waals surface area contributed by atoms with Crippen LogP contribution in [0.15, 0.2) is 24.3 Å². The van der Waals surface area contributed by atoms with E-state index in [1.807, 2.05) is 29.2 Å². The zero-order chi connectivity index (χ0) is 17.5. The second kappa shape index (κ2) is 9.06. The first-order valence-corrected chi connectivity index (χ1v) is 9.24. The van der Waals surface area contributed by atoms with Crippen molar-refractivity contribution in [1.82, 2.24) is 15.1 Å². The number of ether oxygens (including phenoxy) is 2. The van der Waals surface area contributed by atoms with Gasteiger partial charge in [-0.1, -0.05) is 12.1 Å². The van der Waals surface area contributed by atoms with Crippen LogP contribution < -0.4 is 10.1 Å². The summed E-state index contributed by atoms with van der Waals surface area (Å²) >= 11 is 0. The van der Waals surface area contributed by atoms with Crippen molar-refractivity contribution in [2.24, 2.45) is 0 Å². The van der Waals surface area contributed by atoms with Gasteiger partial charge in [0.05, 0.1) is 13.2 Å². The SMILES string of the molecule is COc1ccc(CCNC(=O)N2CCN(CC3CCCO3)CC2)cc1. The molecule has 1 atom stereocenters. The highest BCUT2D eigenvalue weighted by atomic mass is 16.5. The average Bonchev–Trinajstić information content (AvgIpc) is 3.16. The van der Waals surface area contributed by atoms with E-state index in [1.54, 1.807) is 7.11 Å². The third-order valence-corrected chi connectivity index (χ3v) is 4.99. The Morgan fingerprint density at radius 1 is 1.24 bits per heavy atom. The zero-order valence-corrected chi connectivity index (χ0v) is 15.1. The Hall–Kier alpha value is -1.79. The van der Waals surface area contributed by atoms with E-state index in [0.717, 1.165) is 51.5 Å². The van der Waals surface area contributed by atoms with E-state index in [1.165, 1.54) is 18.4 Å². The molecule has 2 fully saturated rings. The van der Waals surface area contributed by atoms with Gasteiger partial charge in [-0.3, -0.25) is 4.90 Å². The molecule has 2 aliphatic heterocycles. The van der Waals surface area contributed by atoms with E-state index in [-0.39, 0.29) is 6.03 Å². The number of urea groups is 1. The van der Waals surface area contributed by atoms with E-state index in [9.17, 15) is 4.79 Å². The summed E-state index contributed by atoms with van der Waals surface area (Å²) in [7, 11) is 1.66. The largest absolute Gasteiger partial charge is 0.497 e. The van der Waals surface area contributed by atoms with Crippen molar-refractivity contribution in [3.05, 3.63) is 29.8 Å². The van der Waals surface area contributed by atoms with Gasteiger partial charge in [0.1, 0.15) is 5.75 Å². The van der Waals surface area contributed by atoms with Crippen LogP contribution in [-0.2, 0) is 11.2 Å². The quantitative estimate of drug-likeness (QED) is 0.852. The van der Waals surface area contributed by atoms with E-state index in [2.05, 4.69) is 10.2 Å². The summed E-state index contributed by atoms with van der Waals surface area (Å²) in [6.45, 7) is 6.02. The summed E-state index contributed by atoms with van der Waals surface area (Å²) in [5.74, 6) is 0.855. The zero-order valence-electron chi connectivity index (χ0n) is 15.1. The van der Waals surface area contributed by atoms with Gasteiger partial charge in [-0.2, -0.15) is 0 Å². The maximum Gasteiger partial charge on any atom is 0.317 e. The van der Waals surface area contributed by atoms with Crippen molar-refractivity contribution >= 4 is 6.03 Å². The number of hydrogen-bond acceptors (Lipinski definition) is 4. The van der Waals surface area contributed by atoms with E-state index in [0.29, 0.717) is 12.6 Å². The molecule has 0 radical (unpaired) electrons. The molecule has 2 saturated heterocycles. The molecule has 1 aromatic rings. The number of methoxy groups -OCH3 is 1. The minimum Gasteiger partial charge on any atom is -0.497 e. The monoisotopic (exact) mass is 347 g/mol. The number of nitrogens with zero attached hydrogens (tertiary/aromatic N) is 2. The van der Waals surface area contributed by atoms with Crippen molar-refractivity contribution in [3.8, 4) is 5.75 Å². The molecule has 0 bridgehead atoms. The van der Waals surface area contributed by atoms with Crippen LogP contribution in [0.5, 0.6) is 5.75 Å². The molecule has 2 amide bonds. The minimum absolute atomic E-state index is 0.0466. The summed E-state index contributed by atoms with van der Waals surface area (Å²) < 4.78 is 10.9. The number of rotatable bonds is 6. The van der Waals surface area contributed by atoms with Crippen molar-refractivity contribution in [2.45, 2.75) is 25.4 Å². The van der Waals surface area contributed by atoms with E-state index in [4.69, 9.17) is 9.47 Å². The Labute approximate surface area is 150 Å². The number of hydrogen-bond donors (Lipinski definition) is 1. The summed E-state index contributed by atoms with van der Waals surface area (Å²) in [5.41, 5.74) is 1.20. The first-order chi connectivity index (χ1) is 12.2. The third-order valence-electron chi connectivity index (χ3n) is 4.99. The van der Waals surface area contributed by atoms with Gasteiger partial charge in [-0.15, -0.1) is 0 Å². The van der Waals surface area contributed by atoms with Crippen LogP contribution >= 0.6 is 0 Å². The van der Waals surface area contributed by atoms with Crippen LogP contribution in [0.3, 0.4) is 0 Å². The van der Waals surface area contributed by atoms with Crippen molar-refractivity contribution < 1.29 is 14.3 Å². The van der Waals surface area contributed by atoms with Gasteiger partial charge in [0.15, 0.2) is 0 Å². The average molecular weight is 347 g/mol. The Morgan fingerprint density at radius 2 is 2.00 bits per heavy atom. The van der Waals surface area contributed by atoms with Gasteiger partial charge >= 0.3 is 6.03 Å². The van der Waals surface area contributed by atoms with Gasteiger partial charge in [-0.25, -0.2) is 4.79 Å². The molecule has 1 N–H and O–H groups in total. The lowest BCUT2D eigenvalue weighted by Crippen LogP contribution is -2.53. The van der Waals surface area contributed by atoms with Crippen molar-refractivity contribution in [2.75, 3.05) is 53.0 Å². The van der Waals surface area contributed by atoms with Crippen molar-refractivity contribution in [3.63, 3.8) is 0 Å². The summed E-state index contributed by atoms with van der Waals surface area (Å²) in [6, 6.07) is 8.02. The molecule has 3 rings (SSSR count).